The van der Waals surface area contributed by atoms with Crippen LogP contribution in [-0.4, -0.2) is 5.43 Å². The van der Waals surface area contributed by atoms with Crippen LogP contribution in [0.5, 0.6) is 0 Å². The van der Waals surface area contributed by atoms with Gasteiger partial charge in [-0.05, 0) is 0 Å². The average molecular weight is 464 g/mol. The fraction of sp³-hybridized carbons (Fsp3) is 0.385. The molecule has 2 aliphatic rings. The molecular formula is C26H32SiZr. The second kappa shape index (κ2) is 7.37. The predicted octanol–water partition coefficient (Wildman–Crippen LogP) is 7.41. The van der Waals surface area contributed by atoms with Crippen molar-refractivity contribution in [1.82, 2.24) is 0 Å². The van der Waals surface area contributed by atoms with E-state index in [4.69, 9.17) is 0 Å². The molecule has 0 spiro atoms. The van der Waals surface area contributed by atoms with Crippen LogP contribution in [0.4, 0.5) is 0 Å². The Morgan fingerprint density at radius 1 is 0.643 bits per heavy atom. The third-order valence-corrected chi connectivity index (χ3v) is 26.5. The molecule has 2 aliphatic carbocycles. The van der Waals surface area contributed by atoms with Crippen molar-refractivity contribution in [3.05, 3.63) is 79.9 Å². The van der Waals surface area contributed by atoms with Crippen LogP contribution in [0.2, 0.25) is 13.1 Å². The van der Waals surface area contributed by atoms with Crippen molar-refractivity contribution in [2.45, 2.75) is 61.9 Å². The molecule has 0 bridgehead atoms. The molecule has 4 rings (SSSR count). The van der Waals surface area contributed by atoms with Crippen LogP contribution in [0.1, 0.15) is 65.6 Å². The molecular weight excluding hydrogens is 432 g/mol. The van der Waals surface area contributed by atoms with Crippen LogP contribution in [0.15, 0.2) is 35.4 Å². The van der Waals surface area contributed by atoms with Gasteiger partial charge in [-0.15, -0.1) is 0 Å². The summed E-state index contributed by atoms with van der Waals surface area (Å²) in [5, 5.41) is 0. The van der Waals surface area contributed by atoms with E-state index < -0.39 is 20.4 Å². The van der Waals surface area contributed by atoms with Crippen molar-refractivity contribution in [3.8, 4) is 0 Å². The van der Waals surface area contributed by atoms with Crippen molar-refractivity contribution in [2.75, 3.05) is 0 Å². The molecule has 0 radical (unpaired) electrons. The zero-order valence-electron chi connectivity index (χ0n) is 18.6. The van der Waals surface area contributed by atoms with E-state index in [9.17, 15) is 0 Å². The zero-order chi connectivity index (χ0) is 20.3. The van der Waals surface area contributed by atoms with Gasteiger partial charge in [0.2, 0.25) is 0 Å². The fourth-order valence-corrected chi connectivity index (χ4v) is 26.2. The van der Waals surface area contributed by atoms with E-state index in [-0.39, 0.29) is 5.43 Å². The van der Waals surface area contributed by atoms with E-state index in [0.717, 1.165) is 7.25 Å². The number of aryl methyl sites for hydroxylation is 4. The van der Waals surface area contributed by atoms with E-state index in [1.165, 1.54) is 33.4 Å². The van der Waals surface area contributed by atoms with Gasteiger partial charge in [0, 0.05) is 0 Å². The first-order chi connectivity index (χ1) is 13.2. The van der Waals surface area contributed by atoms with E-state index in [1.807, 2.05) is 0 Å². The molecule has 2 atom stereocenters. The predicted molar refractivity (Wildman–Crippen MR) is 122 cm³/mol. The van der Waals surface area contributed by atoms with Gasteiger partial charge in [0.05, 0.1) is 0 Å². The van der Waals surface area contributed by atoms with Crippen LogP contribution in [0, 0.1) is 27.7 Å². The Labute approximate surface area is 179 Å². The molecule has 144 valence electrons. The Hall–Kier alpha value is -0.980. The molecule has 0 fully saturated rings. The Morgan fingerprint density at radius 2 is 1.04 bits per heavy atom. The maximum absolute atomic E-state index is 2.61. The van der Waals surface area contributed by atoms with E-state index in [2.05, 4.69) is 91.1 Å². The Bertz CT molecular complexity index is 1010. The summed E-state index contributed by atoms with van der Waals surface area (Å²) < 4.78 is 1.50. The second-order valence-corrected chi connectivity index (χ2v) is 27.1. The Kier molecular flexibility index (Phi) is 5.34. The van der Waals surface area contributed by atoms with Crippen LogP contribution in [0.25, 0.3) is 12.2 Å². The summed E-state index contributed by atoms with van der Waals surface area (Å²) in [6, 6.07) is 9.75. The standard InChI is InChI=1S/2C12H13.C2H6Si.Zr/c2*1-8-4-10(3)12-7-9(2)6-11(12)5-8;1-3-2;/h2*4-7H,1-3H3;1-2H3;. The third-order valence-electron chi connectivity index (χ3n) is 6.60. The van der Waals surface area contributed by atoms with E-state index in [1.54, 1.807) is 22.3 Å². The minimum absolute atomic E-state index is 0.323. The molecule has 0 aliphatic heterocycles. The SMILES string of the molecule is CC1=Cc2c(C)cc(C)cc2[CH]1[Zr]([CH]1C(C)=Cc2c(C)cc(C)cc21)=[Si](C)C. The molecule has 2 heteroatoms. The second-order valence-electron chi connectivity index (χ2n) is 9.27. The van der Waals surface area contributed by atoms with Gasteiger partial charge >= 0.3 is 180 Å². The molecule has 2 unspecified atom stereocenters. The van der Waals surface area contributed by atoms with Crippen LogP contribution >= 0.6 is 0 Å². The van der Waals surface area contributed by atoms with Crippen molar-refractivity contribution in [1.29, 1.82) is 0 Å². The van der Waals surface area contributed by atoms with Crippen LogP contribution < -0.4 is 0 Å². The average Bonchev–Trinajstić information content (AvgIpc) is 3.07. The molecule has 2 aromatic carbocycles. The van der Waals surface area contributed by atoms with Crippen molar-refractivity contribution in [2.24, 2.45) is 0 Å². The Morgan fingerprint density at radius 3 is 1.39 bits per heavy atom. The molecule has 0 amide bonds. The molecule has 0 saturated heterocycles. The maximum atomic E-state index is 2.61. The van der Waals surface area contributed by atoms with Crippen LogP contribution in [-0.2, 0) is 20.4 Å². The van der Waals surface area contributed by atoms with Gasteiger partial charge < -0.3 is 0 Å². The first-order valence-corrected chi connectivity index (χ1v) is 19.5. The first-order valence-electron chi connectivity index (χ1n) is 10.4. The number of hydrogen-bond donors (Lipinski definition) is 0. The van der Waals surface area contributed by atoms with Crippen LogP contribution in [0.3, 0.4) is 0 Å². The van der Waals surface area contributed by atoms with Crippen molar-refractivity contribution >= 4 is 17.6 Å². The summed E-state index contributed by atoms with van der Waals surface area (Å²) in [6.07, 6.45) is 5.05. The molecule has 0 heterocycles. The molecule has 0 N–H and O–H groups in total. The number of benzene rings is 2. The van der Waals surface area contributed by atoms with Gasteiger partial charge in [0.25, 0.3) is 0 Å². The van der Waals surface area contributed by atoms with Gasteiger partial charge in [-0.2, -0.15) is 0 Å². The number of allylic oxidation sites excluding steroid dienone is 2. The van der Waals surface area contributed by atoms with Gasteiger partial charge in [-0.3, -0.25) is 0 Å². The monoisotopic (exact) mass is 462 g/mol. The molecule has 0 aromatic heterocycles. The normalized spacial score (nSPS) is 19.9. The minimum atomic E-state index is -1.87. The summed E-state index contributed by atoms with van der Waals surface area (Å²) in [7, 11) is 0. The summed E-state index contributed by atoms with van der Waals surface area (Å²) in [5.41, 5.74) is 15.2. The van der Waals surface area contributed by atoms with Gasteiger partial charge in [-0.1, -0.05) is 0 Å². The first kappa shape index (κ1) is 20.3. The molecule has 2 aromatic rings. The summed E-state index contributed by atoms with van der Waals surface area (Å²) in [4.78, 5) is 0. The van der Waals surface area contributed by atoms with Gasteiger partial charge in [0.1, 0.15) is 0 Å². The van der Waals surface area contributed by atoms with E-state index >= 15 is 0 Å². The molecule has 0 saturated carbocycles. The van der Waals surface area contributed by atoms with E-state index in [0.29, 0.717) is 0 Å². The Balaban J connectivity index is 1.93. The van der Waals surface area contributed by atoms with Crippen molar-refractivity contribution in [3.63, 3.8) is 0 Å². The summed E-state index contributed by atoms with van der Waals surface area (Å²) in [6.45, 7) is 19.2. The zero-order valence-corrected chi connectivity index (χ0v) is 22.1. The van der Waals surface area contributed by atoms with Crippen molar-refractivity contribution < 1.29 is 20.4 Å². The number of rotatable bonds is 2. The quantitative estimate of drug-likeness (QED) is 0.407. The number of fused-ring (bicyclic) bond motifs is 2. The summed E-state index contributed by atoms with van der Waals surface area (Å²) >= 11 is -1.87. The van der Waals surface area contributed by atoms with Gasteiger partial charge in [0.15, 0.2) is 0 Å². The van der Waals surface area contributed by atoms with Gasteiger partial charge in [-0.25, -0.2) is 0 Å². The topological polar surface area (TPSA) is 0 Å². The fourth-order valence-electron chi connectivity index (χ4n) is 5.58. The molecule has 28 heavy (non-hydrogen) atoms. The summed E-state index contributed by atoms with van der Waals surface area (Å²) in [5.74, 6) is 0. The number of hydrogen-bond acceptors (Lipinski definition) is 0. The molecule has 0 nitrogen and oxygen atoms in total. The third kappa shape index (κ3) is 3.21.